The number of hydrogen-bond donors (Lipinski definition) is 0. The van der Waals surface area contributed by atoms with Gasteiger partial charge in [0, 0.05) is 22.3 Å². The minimum absolute atomic E-state index is 0.0586. The molecule has 0 saturated carbocycles. The molecule has 28 nitrogen and oxygen atoms in total. The van der Waals surface area contributed by atoms with E-state index in [0.717, 1.165) is 0 Å². The van der Waals surface area contributed by atoms with Crippen LogP contribution >= 0.6 is 0 Å². The molecule has 6 rings (SSSR count). The SMILES string of the molecule is C=C(C)C(=O)OCOC(=O)Oc1ccc(C(=O)Oc2ccc(OC(=O)c3ccc(OC(=O)OCOC(=O)C(=C)C)cc3)c(C)c2)cc1.C=C(C)C(=O)OCOC(=O)Oc1ccc(C(=O)Oc2ccc(OC(=O)c3ccc(OC(=O)OCOC(=O)C(=C)C)cc3)c(C)c2)cc1. The van der Waals surface area contributed by atoms with Crippen molar-refractivity contribution in [3.63, 3.8) is 0 Å². The van der Waals surface area contributed by atoms with Gasteiger partial charge >= 0.3 is 72.4 Å². The number of benzene rings is 6. The lowest BCUT2D eigenvalue weighted by atomic mass is 10.2. The molecule has 0 aliphatic rings. The summed E-state index contributed by atoms with van der Waals surface area (Å²) in [5, 5.41) is 0. The molecule has 0 fully saturated rings. The third-order valence-electron chi connectivity index (χ3n) is 11.1. The Labute approximate surface area is 534 Å². The van der Waals surface area contributed by atoms with Gasteiger partial charge in [-0.1, -0.05) is 26.3 Å². The molecule has 0 spiro atoms. The largest absolute Gasteiger partial charge is 0.516 e. The van der Waals surface area contributed by atoms with Gasteiger partial charge in [-0.25, -0.2) is 57.5 Å². The molecule has 0 atom stereocenters. The first-order valence-corrected chi connectivity index (χ1v) is 26.8. The summed E-state index contributed by atoms with van der Waals surface area (Å²) in [6.07, 6.45) is -4.51. The Balaban J connectivity index is 0.000000341. The molecular formula is C66H56O28. The van der Waals surface area contributed by atoms with E-state index in [4.69, 9.17) is 37.9 Å². The summed E-state index contributed by atoms with van der Waals surface area (Å²) in [6, 6.07) is 30.3. The van der Waals surface area contributed by atoms with Gasteiger partial charge in [-0.15, -0.1) is 0 Å². The summed E-state index contributed by atoms with van der Waals surface area (Å²) in [6.45, 7) is 20.0. The number of rotatable bonds is 24. The Morgan fingerprint density at radius 1 is 0.266 bits per heavy atom. The van der Waals surface area contributed by atoms with Gasteiger partial charge in [-0.05, 0) is 186 Å². The van der Waals surface area contributed by atoms with Gasteiger partial charge < -0.3 is 75.8 Å². The summed E-state index contributed by atoms with van der Waals surface area (Å²) >= 11 is 0. The molecule has 0 unspecified atom stereocenters. The highest BCUT2D eigenvalue weighted by molar-refractivity contribution is 5.94. The van der Waals surface area contributed by atoms with Crippen LogP contribution in [0.3, 0.4) is 0 Å². The van der Waals surface area contributed by atoms with Gasteiger partial charge in [0.2, 0.25) is 27.2 Å². The van der Waals surface area contributed by atoms with Crippen LogP contribution in [0.5, 0.6) is 46.0 Å². The van der Waals surface area contributed by atoms with Crippen LogP contribution < -0.4 is 37.9 Å². The van der Waals surface area contributed by atoms with E-state index in [1.165, 1.54) is 161 Å². The quantitative estimate of drug-likeness (QED) is 0.0136. The molecule has 28 heteroatoms. The smallest absolute Gasteiger partial charge is 0.424 e. The number of ether oxygens (including phenoxy) is 16. The first kappa shape index (κ1) is 71.9. The monoisotopic (exact) mass is 1300 g/mol. The van der Waals surface area contributed by atoms with Crippen molar-refractivity contribution in [1.82, 2.24) is 0 Å². The van der Waals surface area contributed by atoms with Gasteiger partial charge in [0.25, 0.3) is 0 Å². The predicted molar refractivity (Wildman–Crippen MR) is 319 cm³/mol. The summed E-state index contributed by atoms with van der Waals surface area (Å²) < 4.78 is 78.5. The molecule has 0 N–H and O–H groups in total. The third kappa shape index (κ3) is 24.2. The van der Waals surface area contributed by atoms with E-state index in [0.29, 0.717) is 11.1 Å². The standard InChI is InChI=1S/2C33H28O14/c2*1-19(2)28(34)40-17-42-32(38)45-24-10-6-22(7-11-24)30(36)44-26-14-15-27(21(5)16-26)47-31(37)23-8-12-25(13-9-23)46-33(39)43-18-41-29(35)20(3)4/h2*6-16H,1,3,17-18H2,2,4-5H3. The van der Waals surface area contributed by atoms with Crippen molar-refractivity contribution in [2.75, 3.05) is 27.2 Å². The Morgan fingerprint density at radius 2 is 0.468 bits per heavy atom. The lowest BCUT2D eigenvalue weighted by Crippen LogP contribution is -2.16. The van der Waals surface area contributed by atoms with E-state index >= 15 is 0 Å². The second-order valence-corrected chi connectivity index (χ2v) is 18.8. The van der Waals surface area contributed by atoms with Crippen molar-refractivity contribution in [2.24, 2.45) is 0 Å². The normalized spacial score (nSPS) is 10.0. The molecule has 0 bridgehead atoms. The molecular weight excluding hydrogens is 1240 g/mol. The molecule has 488 valence electrons. The van der Waals surface area contributed by atoms with Crippen LogP contribution in [0.2, 0.25) is 0 Å². The highest BCUT2D eigenvalue weighted by Crippen LogP contribution is 2.28. The molecule has 6 aromatic carbocycles. The second-order valence-electron chi connectivity index (χ2n) is 18.8. The van der Waals surface area contributed by atoms with E-state index in [2.05, 4.69) is 64.2 Å². The van der Waals surface area contributed by atoms with E-state index in [1.807, 2.05) is 0 Å². The molecule has 0 aromatic heterocycles. The number of aryl methyl sites for hydroxylation is 2. The highest BCUT2D eigenvalue weighted by Gasteiger charge is 2.20. The average Bonchev–Trinajstić information content (AvgIpc) is 0.943. The van der Waals surface area contributed by atoms with Crippen LogP contribution in [-0.4, -0.2) is 99.5 Å². The zero-order chi connectivity index (χ0) is 69.0. The first-order valence-electron chi connectivity index (χ1n) is 26.8. The minimum atomic E-state index is -1.13. The van der Waals surface area contributed by atoms with Crippen molar-refractivity contribution in [1.29, 1.82) is 0 Å². The Bertz CT molecular complexity index is 3630. The van der Waals surface area contributed by atoms with Crippen LogP contribution in [0.25, 0.3) is 0 Å². The van der Waals surface area contributed by atoms with E-state index in [1.54, 1.807) is 13.8 Å². The zero-order valence-electron chi connectivity index (χ0n) is 50.8. The Kier molecular flexibility index (Phi) is 27.0. The average molecular weight is 1300 g/mol. The topological polar surface area (TPSA) is 353 Å². The van der Waals surface area contributed by atoms with Crippen molar-refractivity contribution in [3.8, 4) is 46.0 Å². The molecule has 0 aliphatic heterocycles. The highest BCUT2D eigenvalue weighted by atomic mass is 16.8. The van der Waals surface area contributed by atoms with Crippen molar-refractivity contribution < 1.29 is 133 Å². The fourth-order valence-corrected chi connectivity index (χ4v) is 6.41. The van der Waals surface area contributed by atoms with Crippen LogP contribution in [0.15, 0.2) is 182 Å². The van der Waals surface area contributed by atoms with E-state index in [-0.39, 0.29) is 90.5 Å². The van der Waals surface area contributed by atoms with Gasteiger partial charge in [-0.3, -0.25) is 0 Å². The third-order valence-corrected chi connectivity index (χ3v) is 11.1. The van der Waals surface area contributed by atoms with Crippen LogP contribution in [0.1, 0.15) is 80.3 Å². The molecule has 6 aromatic rings. The van der Waals surface area contributed by atoms with Crippen molar-refractivity contribution in [3.05, 3.63) is 215 Å². The van der Waals surface area contributed by atoms with Crippen molar-refractivity contribution >= 4 is 72.4 Å². The number of esters is 8. The summed E-state index contributed by atoms with van der Waals surface area (Å²) in [5.41, 5.74) is 2.07. The maximum absolute atomic E-state index is 12.6. The van der Waals surface area contributed by atoms with Gasteiger partial charge in [-0.2, -0.15) is 0 Å². The van der Waals surface area contributed by atoms with Crippen LogP contribution in [0.4, 0.5) is 19.2 Å². The summed E-state index contributed by atoms with van der Waals surface area (Å²) in [4.78, 5) is 143. The lowest BCUT2D eigenvalue weighted by Gasteiger charge is -2.11. The molecule has 0 saturated heterocycles. The fraction of sp³-hybridized carbons (Fsp3) is 0.152. The Hall–Kier alpha value is -12.9. The van der Waals surface area contributed by atoms with Gasteiger partial charge in [0.1, 0.15) is 46.0 Å². The van der Waals surface area contributed by atoms with Gasteiger partial charge in [0.05, 0.1) is 22.3 Å². The molecule has 0 amide bonds. The Morgan fingerprint density at radius 3 is 0.670 bits per heavy atom. The van der Waals surface area contributed by atoms with E-state index in [9.17, 15) is 57.5 Å². The maximum Gasteiger partial charge on any atom is 0.516 e. The fourth-order valence-electron chi connectivity index (χ4n) is 6.41. The number of hydrogen-bond acceptors (Lipinski definition) is 28. The predicted octanol–water partition coefficient (Wildman–Crippen LogP) is 11.2. The number of carbonyl (C=O) groups excluding carboxylic acids is 12. The van der Waals surface area contributed by atoms with Crippen LogP contribution in [-0.2, 0) is 57.1 Å². The minimum Gasteiger partial charge on any atom is -0.424 e. The zero-order valence-corrected chi connectivity index (χ0v) is 50.8. The van der Waals surface area contributed by atoms with E-state index < -0.39 is 99.5 Å². The molecule has 0 heterocycles. The molecule has 94 heavy (non-hydrogen) atoms. The molecule has 0 radical (unpaired) electrons. The molecule has 0 aliphatic carbocycles. The van der Waals surface area contributed by atoms with Crippen molar-refractivity contribution in [2.45, 2.75) is 41.5 Å². The summed E-state index contributed by atoms with van der Waals surface area (Å²) in [5.74, 6) is -4.79. The van der Waals surface area contributed by atoms with Crippen LogP contribution in [0, 0.1) is 13.8 Å². The number of carbonyl (C=O) groups is 12. The lowest BCUT2D eigenvalue weighted by molar-refractivity contribution is -0.148. The van der Waals surface area contributed by atoms with Gasteiger partial charge in [0.15, 0.2) is 0 Å². The summed E-state index contributed by atoms with van der Waals surface area (Å²) in [7, 11) is 0. The second kappa shape index (κ2) is 35.3. The first-order chi connectivity index (χ1) is 44.6. The maximum atomic E-state index is 12.6.